The van der Waals surface area contributed by atoms with Crippen molar-refractivity contribution in [2.24, 2.45) is 0 Å². The number of piperidine rings is 1. The van der Waals surface area contributed by atoms with Gasteiger partial charge >= 0.3 is 5.97 Å². The number of benzene rings is 2. The van der Waals surface area contributed by atoms with Gasteiger partial charge in [-0.05, 0) is 61.7 Å². The average Bonchev–Trinajstić information content (AvgIpc) is 2.85. The Morgan fingerprint density at radius 2 is 1.56 bits per heavy atom. The third kappa shape index (κ3) is 4.90. The summed E-state index contributed by atoms with van der Waals surface area (Å²) >= 11 is 0. The van der Waals surface area contributed by atoms with Crippen LogP contribution in [0, 0.1) is 0 Å². The summed E-state index contributed by atoms with van der Waals surface area (Å²) < 4.78 is 43.7. The number of morpholine rings is 1. The summed E-state index contributed by atoms with van der Waals surface area (Å²) in [7, 11) is -2.18. The third-order valence-corrected chi connectivity index (χ3v) is 7.66. The minimum Gasteiger partial charge on any atom is -0.497 e. The molecule has 2 saturated heterocycles. The molecule has 0 N–H and O–H groups in total. The highest BCUT2D eigenvalue weighted by Gasteiger charge is 2.29. The molecule has 2 aromatic carbocycles. The van der Waals surface area contributed by atoms with Crippen LogP contribution in [0.1, 0.15) is 29.6 Å². The van der Waals surface area contributed by atoms with Gasteiger partial charge < -0.3 is 19.1 Å². The van der Waals surface area contributed by atoms with Crippen molar-refractivity contribution in [3.63, 3.8) is 0 Å². The number of esters is 1. The van der Waals surface area contributed by atoms with E-state index in [0.717, 1.165) is 32.4 Å². The van der Waals surface area contributed by atoms with Crippen molar-refractivity contribution < 1.29 is 27.4 Å². The fourth-order valence-corrected chi connectivity index (χ4v) is 5.43. The number of nitrogens with zero attached hydrogens (tertiary/aromatic N) is 2. The lowest BCUT2D eigenvalue weighted by atomic mass is 10.1. The fourth-order valence-electron chi connectivity index (χ4n) is 3.99. The Morgan fingerprint density at radius 3 is 2.22 bits per heavy atom. The largest absolute Gasteiger partial charge is 0.497 e. The van der Waals surface area contributed by atoms with Crippen molar-refractivity contribution in [1.82, 2.24) is 4.31 Å². The van der Waals surface area contributed by atoms with Crippen molar-refractivity contribution in [3.8, 4) is 11.5 Å². The Labute approximate surface area is 188 Å². The smallest absolute Gasteiger partial charge is 0.345 e. The molecule has 0 aliphatic carbocycles. The molecule has 2 heterocycles. The molecule has 0 aromatic heterocycles. The van der Waals surface area contributed by atoms with Crippen LogP contribution >= 0.6 is 0 Å². The van der Waals surface area contributed by atoms with E-state index in [1.165, 1.54) is 10.4 Å². The number of methoxy groups -OCH3 is 1. The molecule has 2 aromatic rings. The Kier molecular flexibility index (Phi) is 6.98. The lowest BCUT2D eigenvalue weighted by Crippen LogP contribution is -2.40. The van der Waals surface area contributed by atoms with Gasteiger partial charge in [0.25, 0.3) is 0 Å². The molecule has 0 bridgehead atoms. The van der Waals surface area contributed by atoms with Gasteiger partial charge in [-0.25, -0.2) is 13.2 Å². The van der Waals surface area contributed by atoms with E-state index in [-0.39, 0.29) is 10.5 Å². The molecule has 0 radical (unpaired) electrons. The molecular weight excluding hydrogens is 432 g/mol. The number of rotatable bonds is 6. The molecule has 0 spiro atoms. The highest BCUT2D eigenvalue weighted by Crippen LogP contribution is 2.30. The second-order valence-corrected chi connectivity index (χ2v) is 9.75. The first-order valence-corrected chi connectivity index (χ1v) is 12.3. The molecule has 0 atom stereocenters. The lowest BCUT2D eigenvalue weighted by Gasteiger charge is -2.31. The molecule has 8 nitrogen and oxygen atoms in total. The summed E-state index contributed by atoms with van der Waals surface area (Å²) in [5, 5.41) is 0. The summed E-state index contributed by atoms with van der Waals surface area (Å²) in [5.41, 5.74) is 0.946. The number of anilines is 1. The van der Waals surface area contributed by atoms with Crippen molar-refractivity contribution in [2.75, 3.05) is 51.4 Å². The zero-order chi connectivity index (χ0) is 22.6. The van der Waals surface area contributed by atoms with Gasteiger partial charge in [-0.1, -0.05) is 0 Å². The quantitative estimate of drug-likeness (QED) is 0.484. The maximum atomic E-state index is 13.2. The molecule has 2 fully saturated rings. The summed E-state index contributed by atoms with van der Waals surface area (Å²) in [5.74, 6) is 0.425. The lowest BCUT2D eigenvalue weighted by molar-refractivity contribution is 0.0727. The van der Waals surface area contributed by atoms with Gasteiger partial charge in [-0.2, -0.15) is 4.31 Å². The van der Waals surface area contributed by atoms with E-state index in [1.54, 1.807) is 43.5 Å². The highest BCUT2D eigenvalue weighted by molar-refractivity contribution is 7.89. The van der Waals surface area contributed by atoms with Gasteiger partial charge in [0.15, 0.2) is 0 Å². The van der Waals surface area contributed by atoms with Gasteiger partial charge in [0, 0.05) is 26.2 Å². The van der Waals surface area contributed by atoms with Gasteiger partial charge in [0.05, 0.1) is 36.5 Å². The van der Waals surface area contributed by atoms with E-state index in [1.807, 2.05) is 0 Å². The average molecular weight is 461 g/mol. The second kappa shape index (κ2) is 9.89. The van der Waals surface area contributed by atoms with Crippen LogP contribution in [-0.2, 0) is 14.8 Å². The molecule has 0 unspecified atom stereocenters. The molecule has 2 aliphatic rings. The Hall–Kier alpha value is -2.62. The number of ether oxygens (including phenoxy) is 3. The van der Waals surface area contributed by atoms with E-state index in [0.29, 0.717) is 43.5 Å². The van der Waals surface area contributed by atoms with Crippen LogP contribution in [0.4, 0.5) is 5.69 Å². The SMILES string of the molecule is COc1ccc(OC(=O)c2cc(S(=O)(=O)N3CCOCC3)ccc2N2CCCCC2)cc1. The van der Waals surface area contributed by atoms with Crippen LogP contribution in [-0.4, -0.2) is 65.2 Å². The molecule has 172 valence electrons. The van der Waals surface area contributed by atoms with Gasteiger partial charge in [0.1, 0.15) is 11.5 Å². The predicted octanol–water partition coefficient (Wildman–Crippen LogP) is 2.93. The van der Waals surface area contributed by atoms with Gasteiger partial charge in [-0.3, -0.25) is 0 Å². The number of hydrogen-bond acceptors (Lipinski definition) is 7. The zero-order valence-electron chi connectivity index (χ0n) is 18.2. The zero-order valence-corrected chi connectivity index (χ0v) is 19.0. The van der Waals surface area contributed by atoms with Gasteiger partial charge in [0.2, 0.25) is 10.0 Å². The van der Waals surface area contributed by atoms with Crippen molar-refractivity contribution >= 4 is 21.7 Å². The maximum absolute atomic E-state index is 13.2. The highest BCUT2D eigenvalue weighted by atomic mass is 32.2. The normalized spacial score (nSPS) is 17.7. The molecular formula is C23H28N2O6S. The number of hydrogen-bond donors (Lipinski definition) is 0. The van der Waals surface area contributed by atoms with Crippen molar-refractivity contribution in [2.45, 2.75) is 24.2 Å². The summed E-state index contributed by atoms with van der Waals surface area (Å²) in [6, 6.07) is 11.4. The summed E-state index contributed by atoms with van der Waals surface area (Å²) in [6.07, 6.45) is 3.20. The van der Waals surface area contributed by atoms with Crippen LogP contribution in [0.25, 0.3) is 0 Å². The van der Waals surface area contributed by atoms with Crippen LogP contribution in [0.5, 0.6) is 11.5 Å². The molecule has 0 saturated carbocycles. The van der Waals surface area contributed by atoms with Crippen molar-refractivity contribution in [1.29, 1.82) is 0 Å². The standard InChI is InChI=1S/C23H28N2O6S/c1-29-18-5-7-19(8-6-18)31-23(26)21-17-20(32(27,28)25-13-15-30-16-14-25)9-10-22(21)24-11-3-2-4-12-24/h5-10,17H,2-4,11-16H2,1H3. The summed E-state index contributed by atoms with van der Waals surface area (Å²) in [4.78, 5) is 15.4. The molecule has 2 aliphatic heterocycles. The maximum Gasteiger partial charge on any atom is 0.345 e. The Balaban J connectivity index is 1.67. The minimum atomic E-state index is -3.74. The number of carbonyl (C=O) groups excluding carboxylic acids is 1. The third-order valence-electron chi connectivity index (χ3n) is 5.76. The van der Waals surface area contributed by atoms with E-state index < -0.39 is 16.0 Å². The van der Waals surface area contributed by atoms with E-state index in [2.05, 4.69) is 4.90 Å². The molecule has 32 heavy (non-hydrogen) atoms. The van der Waals surface area contributed by atoms with E-state index >= 15 is 0 Å². The monoisotopic (exact) mass is 460 g/mol. The van der Waals surface area contributed by atoms with E-state index in [4.69, 9.17) is 14.2 Å². The Bertz CT molecular complexity index is 1040. The predicted molar refractivity (Wildman–Crippen MR) is 120 cm³/mol. The topological polar surface area (TPSA) is 85.4 Å². The molecule has 0 amide bonds. The second-order valence-electron chi connectivity index (χ2n) is 7.81. The molecule has 9 heteroatoms. The first kappa shape index (κ1) is 22.6. The first-order valence-electron chi connectivity index (χ1n) is 10.8. The van der Waals surface area contributed by atoms with Gasteiger partial charge in [-0.15, -0.1) is 0 Å². The number of sulfonamides is 1. The van der Waals surface area contributed by atoms with Crippen LogP contribution in [0.15, 0.2) is 47.4 Å². The van der Waals surface area contributed by atoms with Crippen LogP contribution in [0.2, 0.25) is 0 Å². The number of carbonyl (C=O) groups is 1. The van der Waals surface area contributed by atoms with E-state index in [9.17, 15) is 13.2 Å². The van der Waals surface area contributed by atoms with Crippen LogP contribution in [0.3, 0.4) is 0 Å². The summed E-state index contributed by atoms with van der Waals surface area (Å²) in [6.45, 7) is 2.94. The fraction of sp³-hybridized carbons (Fsp3) is 0.435. The first-order chi connectivity index (χ1) is 15.5. The minimum absolute atomic E-state index is 0.0850. The Morgan fingerprint density at radius 1 is 0.906 bits per heavy atom. The van der Waals surface area contributed by atoms with Crippen molar-refractivity contribution in [3.05, 3.63) is 48.0 Å². The van der Waals surface area contributed by atoms with Crippen LogP contribution < -0.4 is 14.4 Å². The molecule has 4 rings (SSSR count).